The number of carbonyl (C=O) groups is 1. The summed E-state index contributed by atoms with van der Waals surface area (Å²) in [5.74, 6) is 2.16. The predicted molar refractivity (Wildman–Crippen MR) is 102 cm³/mol. The van der Waals surface area contributed by atoms with Gasteiger partial charge in [0.05, 0.1) is 18.2 Å². The van der Waals surface area contributed by atoms with Crippen LogP contribution in [0.2, 0.25) is 0 Å². The topological polar surface area (TPSA) is 46.9 Å². The minimum Gasteiger partial charge on any atom is -0.310 e. The number of benzene rings is 1. The van der Waals surface area contributed by atoms with E-state index in [0.717, 1.165) is 37.9 Å². The smallest absolute Gasteiger partial charge is 0.231 e. The Morgan fingerprint density at radius 3 is 2.58 bits per heavy atom. The van der Waals surface area contributed by atoms with Crippen LogP contribution >= 0.6 is 11.6 Å². The third kappa shape index (κ3) is 2.75. The first kappa shape index (κ1) is 16.4. The van der Waals surface area contributed by atoms with E-state index in [1.165, 1.54) is 12.0 Å². The number of anilines is 1. The number of hydrogen-bond donors (Lipinski definition) is 1. The van der Waals surface area contributed by atoms with E-state index >= 15 is 0 Å². The van der Waals surface area contributed by atoms with Crippen molar-refractivity contribution in [3.8, 4) is 0 Å². The van der Waals surface area contributed by atoms with Gasteiger partial charge in [0.15, 0.2) is 0 Å². The van der Waals surface area contributed by atoms with Crippen LogP contribution in [0, 0.1) is 17.3 Å². The Kier molecular flexibility index (Phi) is 3.68. The van der Waals surface area contributed by atoms with E-state index in [4.69, 9.17) is 11.6 Å². The monoisotopic (exact) mass is 369 g/mol. The van der Waals surface area contributed by atoms with Crippen LogP contribution in [0.5, 0.6) is 0 Å². The standard InChI is InChI=1S/C21H24ClN3O/c22-21-11-16-8-17(12-21)10-20(9-16,14-21)19(26)24-18-6-7-23-25(18)13-15-4-2-1-3-5-15/h1-7,16-17H,8-14H2,(H,24,26). The first-order valence-corrected chi connectivity index (χ1v) is 9.98. The van der Waals surface area contributed by atoms with Crippen LogP contribution in [0.1, 0.15) is 44.1 Å². The van der Waals surface area contributed by atoms with Crippen molar-refractivity contribution in [2.45, 2.75) is 49.9 Å². The third-order valence-corrected chi connectivity index (χ3v) is 7.05. The fraction of sp³-hybridized carbons (Fsp3) is 0.524. The Morgan fingerprint density at radius 1 is 1.15 bits per heavy atom. The summed E-state index contributed by atoms with van der Waals surface area (Å²) >= 11 is 6.89. The summed E-state index contributed by atoms with van der Waals surface area (Å²) < 4.78 is 1.87. The molecular formula is C21H24ClN3O. The highest BCUT2D eigenvalue weighted by atomic mass is 35.5. The van der Waals surface area contributed by atoms with Crippen LogP contribution in [-0.4, -0.2) is 20.6 Å². The van der Waals surface area contributed by atoms with Crippen LogP contribution in [0.15, 0.2) is 42.6 Å². The van der Waals surface area contributed by atoms with Crippen molar-refractivity contribution < 1.29 is 4.79 Å². The number of hydrogen-bond acceptors (Lipinski definition) is 2. The predicted octanol–water partition coefficient (Wildman–Crippen LogP) is 4.45. The molecule has 2 aromatic rings. The summed E-state index contributed by atoms with van der Waals surface area (Å²) in [4.78, 5) is 13.2. The second kappa shape index (κ2) is 5.85. The molecule has 0 spiro atoms. The Bertz CT molecular complexity index is 817. The molecule has 4 nitrogen and oxygen atoms in total. The molecule has 0 radical (unpaired) electrons. The summed E-state index contributed by atoms with van der Waals surface area (Å²) in [5, 5.41) is 7.59. The van der Waals surface area contributed by atoms with E-state index in [0.29, 0.717) is 18.4 Å². The summed E-state index contributed by atoms with van der Waals surface area (Å²) in [7, 11) is 0. The van der Waals surface area contributed by atoms with Crippen LogP contribution < -0.4 is 5.32 Å². The van der Waals surface area contributed by atoms with Crippen molar-refractivity contribution in [3.05, 3.63) is 48.2 Å². The number of aromatic nitrogens is 2. The quantitative estimate of drug-likeness (QED) is 0.809. The molecule has 5 heteroatoms. The van der Waals surface area contributed by atoms with Crippen LogP contribution in [-0.2, 0) is 11.3 Å². The van der Waals surface area contributed by atoms with Gasteiger partial charge < -0.3 is 5.32 Å². The molecule has 4 bridgehead atoms. The fourth-order valence-electron chi connectivity index (χ4n) is 5.99. The summed E-state index contributed by atoms with van der Waals surface area (Å²) in [6, 6.07) is 12.1. The maximum atomic E-state index is 13.3. The number of nitrogens with one attached hydrogen (secondary N) is 1. The van der Waals surface area contributed by atoms with E-state index in [9.17, 15) is 4.79 Å². The van der Waals surface area contributed by atoms with E-state index in [1.54, 1.807) is 6.20 Å². The molecule has 1 N–H and O–H groups in total. The Morgan fingerprint density at radius 2 is 1.88 bits per heavy atom. The van der Waals surface area contributed by atoms with Gasteiger partial charge in [-0.25, -0.2) is 4.68 Å². The number of nitrogens with zero attached hydrogens (tertiary/aromatic N) is 2. The molecule has 1 amide bonds. The van der Waals surface area contributed by atoms with Gasteiger partial charge in [-0.1, -0.05) is 30.3 Å². The molecule has 4 saturated carbocycles. The Hall–Kier alpha value is -1.81. The number of carbonyl (C=O) groups excluding carboxylic acids is 1. The van der Waals surface area contributed by atoms with Crippen molar-refractivity contribution in [2.75, 3.05) is 5.32 Å². The zero-order chi connectivity index (χ0) is 17.8. The van der Waals surface area contributed by atoms with E-state index in [-0.39, 0.29) is 16.2 Å². The van der Waals surface area contributed by atoms with Gasteiger partial charge in [0.1, 0.15) is 5.82 Å². The second-order valence-corrected chi connectivity index (χ2v) is 9.51. The van der Waals surface area contributed by atoms with Crippen LogP contribution in [0.4, 0.5) is 5.82 Å². The van der Waals surface area contributed by atoms with Crippen molar-refractivity contribution >= 4 is 23.3 Å². The molecule has 4 aliphatic carbocycles. The zero-order valence-corrected chi connectivity index (χ0v) is 15.6. The number of rotatable bonds is 4. The highest BCUT2D eigenvalue weighted by molar-refractivity contribution is 6.24. The lowest BCUT2D eigenvalue weighted by Crippen LogP contribution is -2.57. The summed E-state index contributed by atoms with van der Waals surface area (Å²) in [6.45, 7) is 0.654. The molecule has 2 atom stereocenters. The maximum absolute atomic E-state index is 13.3. The normalized spacial score (nSPS) is 34.8. The van der Waals surface area contributed by atoms with Gasteiger partial charge in [-0.2, -0.15) is 5.10 Å². The lowest BCUT2D eigenvalue weighted by molar-refractivity contribution is -0.138. The Balaban J connectivity index is 1.36. The number of amides is 1. The fourth-order valence-corrected chi connectivity index (χ4v) is 6.68. The van der Waals surface area contributed by atoms with E-state index < -0.39 is 0 Å². The summed E-state index contributed by atoms with van der Waals surface area (Å²) in [6.07, 6.45) is 8.01. The van der Waals surface area contributed by atoms with Crippen molar-refractivity contribution in [3.63, 3.8) is 0 Å². The first-order chi connectivity index (χ1) is 12.5. The number of halogens is 1. The highest BCUT2D eigenvalue weighted by Crippen LogP contribution is 2.64. The minimum absolute atomic E-state index is 0.145. The SMILES string of the molecule is O=C(Nc1ccnn1Cc1ccccc1)C12CC3CC(CC(Cl)(C3)C1)C2. The Labute approximate surface area is 158 Å². The van der Waals surface area contributed by atoms with Gasteiger partial charge in [-0.05, 0) is 55.9 Å². The van der Waals surface area contributed by atoms with E-state index in [2.05, 4.69) is 22.5 Å². The van der Waals surface area contributed by atoms with Gasteiger partial charge in [0.2, 0.25) is 5.91 Å². The van der Waals surface area contributed by atoms with Crippen molar-refractivity contribution in [2.24, 2.45) is 17.3 Å². The van der Waals surface area contributed by atoms with Gasteiger partial charge in [-0.3, -0.25) is 4.79 Å². The van der Waals surface area contributed by atoms with Crippen LogP contribution in [0.25, 0.3) is 0 Å². The first-order valence-electron chi connectivity index (χ1n) is 9.60. The average Bonchev–Trinajstić information content (AvgIpc) is 3.00. The average molecular weight is 370 g/mol. The largest absolute Gasteiger partial charge is 0.310 e. The molecule has 4 fully saturated rings. The zero-order valence-electron chi connectivity index (χ0n) is 14.8. The second-order valence-electron chi connectivity index (χ2n) is 8.71. The van der Waals surface area contributed by atoms with Gasteiger partial charge in [0.25, 0.3) is 0 Å². The lowest BCUT2D eigenvalue weighted by Gasteiger charge is -2.59. The lowest BCUT2D eigenvalue weighted by atomic mass is 9.49. The third-order valence-electron chi connectivity index (χ3n) is 6.60. The molecule has 0 saturated heterocycles. The molecule has 4 aliphatic rings. The minimum atomic E-state index is -0.284. The van der Waals surface area contributed by atoms with Gasteiger partial charge in [0, 0.05) is 10.9 Å². The maximum Gasteiger partial charge on any atom is 0.231 e. The molecule has 0 aliphatic heterocycles. The molecular weight excluding hydrogens is 346 g/mol. The summed E-state index contributed by atoms with van der Waals surface area (Å²) in [5.41, 5.74) is 0.884. The number of alkyl halides is 1. The van der Waals surface area contributed by atoms with Crippen molar-refractivity contribution in [1.29, 1.82) is 0 Å². The molecule has 1 heterocycles. The molecule has 26 heavy (non-hydrogen) atoms. The van der Waals surface area contributed by atoms with E-state index in [1.807, 2.05) is 28.9 Å². The van der Waals surface area contributed by atoms with Crippen LogP contribution in [0.3, 0.4) is 0 Å². The van der Waals surface area contributed by atoms with Gasteiger partial charge in [-0.15, -0.1) is 11.6 Å². The highest BCUT2D eigenvalue weighted by Gasteiger charge is 2.60. The molecule has 136 valence electrons. The molecule has 6 rings (SSSR count). The molecule has 2 unspecified atom stereocenters. The molecule has 1 aromatic heterocycles. The molecule has 1 aromatic carbocycles. The van der Waals surface area contributed by atoms with Gasteiger partial charge >= 0.3 is 0 Å². The van der Waals surface area contributed by atoms with Crippen molar-refractivity contribution in [1.82, 2.24) is 9.78 Å².